The molecule has 1 aliphatic rings. The number of halogens is 1. The van der Waals surface area contributed by atoms with Gasteiger partial charge in [0.2, 0.25) is 11.8 Å². The molecule has 2 aromatic rings. The molecule has 1 N–H and O–H groups in total. The first kappa shape index (κ1) is 20.2. The average molecular weight is 400 g/mol. The van der Waals surface area contributed by atoms with Gasteiger partial charge in [0.05, 0.1) is 5.92 Å². The number of amides is 2. The minimum absolute atomic E-state index is 0.0186. The fourth-order valence-electron chi connectivity index (χ4n) is 3.62. The van der Waals surface area contributed by atoms with E-state index in [1.165, 1.54) is 0 Å². The normalized spacial score (nSPS) is 16.4. The molecule has 1 unspecified atom stereocenters. The van der Waals surface area contributed by atoms with E-state index in [0.29, 0.717) is 17.3 Å². The van der Waals surface area contributed by atoms with Gasteiger partial charge in [-0.05, 0) is 68.8 Å². The Kier molecular flexibility index (Phi) is 6.25. The lowest BCUT2D eigenvalue weighted by Crippen LogP contribution is -2.29. The molecule has 0 spiro atoms. The van der Waals surface area contributed by atoms with E-state index in [0.717, 1.165) is 30.0 Å². The van der Waals surface area contributed by atoms with E-state index in [-0.39, 0.29) is 24.2 Å². The number of aryl methyl sites for hydroxylation is 1. The molecule has 2 amide bonds. The van der Waals surface area contributed by atoms with Crippen LogP contribution in [0.25, 0.3) is 0 Å². The summed E-state index contributed by atoms with van der Waals surface area (Å²) >= 11 is 5.88. The Morgan fingerprint density at radius 2 is 1.86 bits per heavy atom. The van der Waals surface area contributed by atoms with Crippen molar-refractivity contribution in [2.45, 2.75) is 27.2 Å². The highest BCUT2D eigenvalue weighted by Crippen LogP contribution is 2.31. The first-order valence-electron chi connectivity index (χ1n) is 9.65. The summed E-state index contributed by atoms with van der Waals surface area (Å²) in [5.41, 5.74) is 3.74. The predicted octanol–water partition coefficient (Wildman–Crippen LogP) is 4.49. The highest BCUT2D eigenvalue weighted by molar-refractivity contribution is 6.30. The summed E-state index contributed by atoms with van der Waals surface area (Å²) in [5, 5.41) is 3.49. The molecule has 1 atom stereocenters. The Morgan fingerprint density at radius 3 is 2.46 bits per heavy atom. The van der Waals surface area contributed by atoms with Crippen LogP contribution in [0.1, 0.15) is 25.8 Å². The number of nitrogens with zero attached hydrogens (tertiary/aromatic N) is 2. The van der Waals surface area contributed by atoms with Gasteiger partial charge >= 0.3 is 0 Å². The van der Waals surface area contributed by atoms with Gasteiger partial charge in [-0.15, -0.1) is 0 Å². The molecule has 1 aliphatic heterocycles. The second-order valence-electron chi connectivity index (χ2n) is 7.04. The van der Waals surface area contributed by atoms with Crippen molar-refractivity contribution in [3.05, 3.63) is 53.1 Å². The van der Waals surface area contributed by atoms with E-state index in [9.17, 15) is 9.59 Å². The number of hydrogen-bond acceptors (Lipinski definition) is 3. The minimum atomic E-state index is -0.370. The predicted molar refractivity (Wildman–Crippen MR) is 115 cm³/mol. The molecule has 0 aromatic heterocycles. The first-order chi connectivity index (χ1) is 13.4. The van der Waals surface area contributed by atoms with Gasteiger partial charge in [0.25, 0.3) is 0 Å². The average Bonchev–Trinajstić information content (AvgIpc) is 3.06. The summed E-state index contributed by atoms with van der Waals surface area (Å²) in [7, 11) is 0. The van der Waals surface area contributed by atoms with Gasteiger partial charge in [-0.25, -0.2) is 0 Å². The minimum Gasteiger partial charge on any atom is -0.372 e. The Morgan fingerprint density at radius 1 is 1.18 bits per heavy atom. The molecule has 0 saturated carbocycles. The largest absolute Gasteiger partial charge is 0.372 e. The summed E-state index contributed by atoms with van der Waals surface area (Å²) in [6.07, 6.45) is 0.219. The second kappa shape index (κ2) is 8.65. The molecule has 6 heteroatoms. The third-order valence-corrected chi connectivity index (χ3v) is 5.46. The smallest absolute Gasteiger partial charge is 0.229 e. The van der Waals surface area contributed by atoms with Gasteiger partial charge in [-0.3, -0.25) is 9.59 Å². The monoisotopic (exact) mass is 399 g/mol. The molecule has 0 radical (unpaired) electrons. The summed E-state index contributed by atoms with van der Waals surface area (Å²) < 4.78 is 0. The van der Waals surface area contributed by atoms with Gasteiger partial charge in [-0.1, -0.05) is 11.6 Å². The lowest BCUT2D eigenvalue weighted by atomic mass is 10.1. The SMILES string of the molecule is CCN(CC)c1ccc(N2CC(C(=O)Nc3ccc(Cl)cc3)CC2=O)c(C)c1. The van der Waals surface area contributed by atoms with Crippen LogP contribution in [-0.4, -0.2) is 31.4 Å². The van der Waals surface area contributed by atoms with Crippen LogP contribution < -0.4 is 15.1 Å². The molecular formula is C22H26ClN3O2. The van der Waals surface area contributed by atoms with Crippen LogP contribution in [0.2, 0.25) is 5.02 Å². The highest BCUT2D eigenvalue weighted by atomic mass is 35.5. The Labute approximate surface area is 171 Å². The Bertz CT molecular complexity index is 863. The molecule has 5 nitrogen and oxygen atoms in total. The zero-order valence-corrected chi connectivity index (χ0v) is 17.3. The molecule has 1 fully saturated rings. The van der Waals surface area contributed by atoms with Gasteiger partial charge in [0.15, 0.2) is 0 Å². The molecule has 1 heterocycles. The number of nitrogens with one attached hydrogen (secondary N) is 1. The van der Waals surface area contributed by atoms with Crippen LogP contribution in [0.5, 0.6) is 0 Å². The van der Waals surface area contributed by atoms with E-state index in [2.05, 4.69) is 30.1 Å². The van der Waals surface area contributed by atoms with Gasteiger partial charge in [0, 0.05) is 48.1 Å². The third kappa shape index (κ3) is 4.30. The van der Waals surface area contributed by atoms with Crippen molar-refractivity contribution in [1.82, 2.24) is 0 Å². The van der Waals surface area contributed by atoms with E-state index >= 15 is 0 Å². The maximum atomic E-state index is 12.6. The van der Waals surface area contributed by atoms with E-state index in [1.54, 1.807) is 29.2 Å². The van der Waals surface area contributed by atoms with Crippen LogP contribution in [0, 0.1) is 12.8 Å². The van der Waals surface area contributed by atoms with Crippen LogP contribution in [-0.2, 0) is 9.59 Å². The summed E-state index contributed by atoms with van der Waals surface area (Å²) in [5.74, 6) is -0.532. The topological polar surface area (TPSA) is 52.6 Å². The summed E-state index contributed by atoms with van der Waals surface area (Å²) in [6, 6.07) is 13.1. The summed E-state index contributed by atoms with van der Waals surface area (Å²) in [6.45, 7) is 8.53. The summed E-state index contributed by atoms with van der Waals surface area (Å²) in [4.78, 5) is 29.2. The Balaban J connectivity index is 1.72. The van der Waals surface area contributed by atoms with Crippen LogP contribution in [0.3, 0.4) is 0 Å². The number of rotatable bonds is 6. The number of benzene rings is 2. The van der Waals surface area contributed by atoms with E-state index < -0.39 is 0 Å². The number of hydrogen-bond donors (Lipinski definition) is 1. The highest BCUT2D eigenvalue weighted by Gasteiger charge is 2.35. The van der Waals surface area contributed by atoms with Crippen LogP contribution in [0.4, 0.5) is 17.1 Å². The van der Waals surface area contributed by atoms with Gasteiger partial charge < -0.3 is 15.1 Å². The van der Waals surface area contributed by atoms with Crippen molar-refractivity contribution in [1.29, 1.82) is 0 Å². The van der Waals surface area contributed by atoms with Crippen molar-refractivity contribution < 1.29 is 9.59 Å². The second-order valence-corrected chi connectivity index (χ2v) is 7.48. The van der Waals surface area contributed by atoms with Gasteiger partial charge in [0.1, 0.15) is 0 Å². The quantitative estimate of drug-likeness (QED) is 0.778. The lowest BCUT2D eigenvalue weighted by Gasteiger charge is -2.24. The molecule has 3 rings (SSSR count). The Hall–Kier alpha value is -2.53. The van der Waals surface area contributed by atoms with Crippen molar-refractivity contribution in [2.75, 3.05) is 34.8 Å². The van der Waals surface area contributed by atoms with Crippen LogP contribution in [0.15, 0.2) is 42.5 Å². The number of carbonyl (C=O) groups is 2. The number of anilines is 3. The molecular weight excluding hydrogens is 374 g/mol. The van der Waals surface area contributed by atoms with Crippen molar-refractivity contribution in [2.24, 2.45) is 5.92 Å². The third-order valence-electron chi connectivity index (χ3n) is 5.21. The zero-order valence-electron chi connectivity index (χ0n) is 16.5. The molecule has 28 heavy (non-hydrogen) atoms. The molecule has 0 bridgehead atoms. The van der Waals surface area contributed by atoms with E-state index in [1.807, 2.05) is 19.1 Å². The lowest BCUT2D eigenvalue weighted by molar-refractivity contribution is -0.122. The molecule has 1 saturated heterocycles. The zero-order chi connectivity index (χ0) is 20.3. The fraction of sp³-hybridized carbons (Fsp3) is 0.364. The molecule has 0 aliphatic carbocycles. The molecule has 2 aromatic carbocycles. The standard InChI is InChI=1S/C22H26ClN3O2/c1-4-25(5-2)19-10-11-20(15(3)12-19)26-14-16(13-21(26)27)22(28)24-18-8-6-17(23)7-9-18/h6-12,16H,4-5,13-14H2,1-3H3,(H,24,28). The van der Waals surface area contributed by atoms with Crippen molar-refractivity contribution in [3.8, 4) is 0 Å². The fourth-order valence-corrected chi connectivity index (χ4v) is 3.75. The maximum absolute atomic E-state index is 12.6. The first-order valence-corrected chi connectivity index (χ1v) is 10.0. The molecule has 148 valence electrons. The van der Waals surface area contributed by atoms with E-state index in [4.69, 9.17) is 11.6 Å². The van der Waals surface area contributed by atoms with Crippen LogP contribution >= 0.6 is 11.6 Å². The van der Waals surface area contributed by atoms with Crippen molar-refractivity contribution >= 4 is 40.5 Å². The number of carbonyl (C=O) groups excluding carboxylic acids is 2. The van der Waals surface area contributed by atoms with Crippen molar-refractivity contribution in [3.63, 3.8) is 0 Å². The maximum Gasteiger partial charge on any atom is 0.229 e. The van der Waals surface area contributed by atoms with Gasteiger partial charge in [-0.2, -0.15) is 0 Å².